The van der Waals surface area contributed by atoms with Gasteiger partial charge < -0.3 is 14.8 Å². The molecule has 0 radical (unpaired) electrons. The summed E-state index contributed by atoms with van der Waals surface area (Å²) in [6, 6.07) is 21.7. The number of nitrogens with one attached hydrogen (secondary N) is 2. The van der Waals surface area contributed by atoms with Gasteiger partial charge in [-0.25, -0.2) is 8.42 Å². The summed E-state index contributed by atoms with van der Waals surface area (Å²) in [5, 5.41) is 2.76. The number of hydrogen-bond donors (Lipinski definition) is 2. The molecule has 0 aromatic heterocycles. The second-order valence-corrected chi connectivity index (χ2v) is 8.36. The van der Waals surface area contributed by atoms with E-state index in [9.17, 15) is 13.2 Å². The van der Waals surface area contributed by atoms with E-state index >= 15 is 0 Å². The van der Waals surface area contributed by atoms with Crippen molar-refractivity contribution in [2.24, 2.45) is 0 Å². The van der Waals surface area contributed by atoms with Crippen molar-refractivity contribution in [1.82, 2.24) is 0 Å². The van der Waals surface area contributed by atoms with Crippen LogP contribution in [0.4, 0.5) is 11.4 Å². The van der Waals surface area contributed by atoms with Crippen molar-refractivity contribution >= 4 is 27.3 Å². The van der Waals surface area contributed by atoms with Gasteiger partial charge in [0, 0.05) is 11.8 Å². The van der Waals surface area contributed by atoms with Gasteiger partial charge in [-0.2, -0.15) is 0 Å². The molecule has 0 aliphatic carbocycles. The fourth-order valence-electron chi connectivity index (χ4n) is 2.83. The summed E-state index contributed by atoms with van der Waals surface area (Å²) in [7, 11) is -2.28. The van der Waals surface area contributed by atoms with Gasteiger partial charge in [-0.05, 0) is 55.0 Å². The Morgan fingerprint density at radius 2 is 1.58 bits per heavy atom. The fraction of sp³-hybridized carbons (Fsp3) is 0.174. The number of hydrogen-bond acceptors (Lipinski definition) is 5. The highest BCUT2D eigenvalue weighted by atomic mass is 32.2. The van der Waals surface area contributed by atoms with Gasteiger partial charge in [0.05, 0.1) is 17.7 Å². The highest BCUT2D eigenvalue weighted by molar-refractivity contribution is 7.92. The number of sulfonamides is 1. The fourth-order valence-corrected chi connectivity index (χ4v) is 3.88. The van der Waals surface area contributed by atoms with Crippen LogP contribution in [-0.4, -0.2) is 27.5 Å². The van der Waals surface area contributed by atoms with Crippen molar-refractivity contribution < 1.29 is 22.7 Å². The van der Waals surface area contributed by atoms with Crippen molar-refractivity contribution in [1.29, 1.82) is 0 Å². The maximum atomic E-state index is 12.6. The van der Waals surface area contributed by atoms with Crippen LogP contribution in [0.1, 0.15) is 13.3 Å². The third kappa shape index (κ3) is 5.99. The van der Waals surface area contributed by atoms with Crippen LogP contribution in [0.15, 0.2) is 83.8 Å². The van der Waals surface area contributed by atoms with Crippen LogP contribution in [0.2, 0.25) is 0 Å². The van der Waals surface area contributed by atoms with Crippen LogP contribution < -0.4 is 19.5 Å². The molecule has 0 aliphatic heterocycles. The third-order valence-corrected chi connectivity index (χ3v) is 5.84. The average molecular weight is 441 g/mol. The first-order chi connectivity index (χ1) is 14.9. The smallest absolute Gasteiger partial charge is 0.265 e. The number of anilines is 2. The molecule has 0 saturated carbocycles. The molecule has 2 N–H and O–H groups in total. The van der Waals surface area contributed by atoms with E-state index in [4.69, 9.17) is 9.47 Å². The molecule has 3 aromatic rings. The molecule has 0 fully saturated rings. The predicted molar refractivity (Wildman–Crippen MR) is 120 cm³/mol. The standard InChI is InChI=1S/C23H24N2O5S/c1-3-22(30-19-9-5-4-6-10-19)23(26)24-17-12-14-21(15-13-17)31(27,28)25-18-8-7-11-20(16-18)29-2/h4-16,22,25H,3H2,1-2H3,(H,24,26). The lowest BCUT2D eigenvalue weighted by atomic mass is 10.2. The number of benzene rings is 3. The Balaban J connectivity index is 1.66. The molecule has 1 atom stereocenters. The predicted octanol–water partition coefficient (Wildman–Crippen LogP) is 4.29. The maximum Gasteiger partial charge on any atom is 0.265 e. The Kier molecular flexibility index (Phi) is 7.15. The van der Waals surface area contributed by atoms with E-state index < -0.39 is 16.1 Å². The largest absolute Gasteiger partial charge is 0.497 e. The number of rotatable bonds is 9. The molecule has 3 aromatic carbocycles. The van der Waals surface area contributed by atoms with Crippen LogP contribution in [0.5, 0.6) is 11.5 Å². The van der Waals surface area contributed by atoms with Crippen LogP contribution >= 0.6 is 0 Å². The van der Waals surface area contributed by atoms with E-state index in [1.165, 1.54) is 31.4 Å². The molecule has 0 spiro atoms. The van der Waals surface area contributed by atoms with Gasteiger partial charge in [-0.3, -0.25) is 9.52 Å². The van der Waals surface area contributed by atoms with E-state index in [-0.39, 0.29) is 10.8 Å². The molecule has 8 heteroatoms. The van der Waals surface area contributed by atoms with Crippen LogP contribution in [-0.2, 0) is 14.8 Å². The lowest BCUT2D eigenvalue weighted by molar-refractivity contribution is -0.122. The lowest BCUT2D eigenvalue weighted by Crippen LogP contribution is -2.32. The van der Waals surface area contributed by atoms with E-state index in [1.807, 2.05) is 25.1 Å². The van der Waals surface area contributed by atoms with Gasteiger partial charge in [-0.15, -0.1) is 0 Å². The summed E-state index contributed by atoms with van der Waals surface area (Å²) in [4.78, 5) is 12.6. The zero-order chi connectivity index (χ0) is 22.3. The first kappa shape index (κ1) is 22.2. The monoisotopic (exact) mass is 440 g/mol. The number of carbonyl (C=O) groups excluding carboxylic acids is 1. The molecule has 1 amide bonds. The van der Waals surface area contributed by atoms with Crippen LogP contribution in [0, 0.1) is 0 Å². The highest BCUT2D eigenvalue weighted by Gasteiger charge is 2.19. The van der Waals surface area contributed by atoms with Crippen molar-refractivity contribution in [2.75, 3.05) is 17.1 Å². The summed E-state index contributed by atoms with van der Waals surface area (Å²) in [5.41, 5.74) is 0.862. The molecule has 7 nitrogen and oxygen atoms in total. The summed E-state index contributed by atoms with van der Waals surface area (Å²) >= 11 is 0. The summed E-state index contributed by atoms with van der Waals surface area (Å²) < 4.78 is 38.6. The molecule has 31 heavy (non-hydrogen) atoms. The average Bonchev–Trinajstić information content (AvgIpc) is 2.78. The Morgan fingerprint density at radius 3 is 2.23 bits per heavy atom. The zero-order valence-electron chi connectivity index (χ0n) is 17.2. The van der Waals surface area contributed by atoms with E-state index in [2.05, 4.69) is 10.0 Å². The molecule has 162 valence electrons. The second-order valence-electron chi connectivity index (χ2n) is 6.68. The third-order valence-electron chi connectivity index (χ3n) is 4.44. The minimum atomic E-state index is -3.79. The number of para-hydroxylation sites is 1. The Labute approximate surface area is 182 Å². The zero-order valence-corrected chi connectivity index (χ0v) is 18.1. The molecule has 0 saturated heterocycles. The van der Waals surface area contributed by atoms with Gasteiger partial charge in [0.1, 0.15) is 11.5 Å². The van der Waals surface area contributed by atoms with Crippen LogP contribution in [0.3, 0.4) is 0 Å². The summed E-state index contributed by atoms with van der Waals surface area (Å²) in [6.07, 6.45) is -0.182. The highest BCUT2D eigenvalue weighted by Crippen LogP contribution is 2.22. The lowest BCUT2D eigenvalue weighted by Gasteiger charge is -2.17. The minimum absolute atomic E-state index is 0.0703. The molecular formula is C23H24N2O5S. The van der Waals surface area contributed by atoms with Crippen molar-refractivity contribution in [3.63, 3.8) is 0 Å². The maximum absolute atomic E-state index is 12.6. The Hall–Kier alpha value is -3.52. The SMILES string of the molecule is CCC(Oc1ccccc1)C(=O)Nc1ccc(S(=O)(=O)Nc2cccc(OC)c2)cc1. The van der Waals surface area contributed by atoms with Crippen molar-refractivity contribution in [3.8, 4) is 11.5 Å². The molecule has 1 unspecified atom stereocenters. The van der Waals surface area contributed by atoms with Gasteiger partial charge in [-0.1, -0.05) is 31.2 Å². The summed E-state index contributed by atoms with van der Waals surface area (Å²) in [5.74, 6) is 0.840. The molecule has 3 rings (SSSR count). The Bertz CT molecular complexity index is 1120. The van der Waals surface area contributed by atoms with Gasteiger partial charge in [0.15, 0.2) is 6.10 Å². The van der Waals surface area contributed by atoms with E-state index in [1.54, 1.807) is 36.4 Å². The molecule has 0 bridgehead atoms. The van der Waals surface area contributed by atoms with Crippen molar-refractivity contribution in [2.45, 2.75) is 24.3 Å². The van der Waals surface area contributed by atoms with Gasteiger partial charge in [0.25, 0.3) is 15.9 Å². The quantitative estimate of drug-likeness (QED) is 0.518. The topological polar surface area (TPSA) is 93.7 Å². The molecule has 0 heterocycles. The van der Waals surface area contributed by atoms with Crippen LogP contribution in [0.25, 0.3) is 0 Å². The second kappa shape index (κ2) is 9.99. The first-order valence-electron chi connectivity index (χ1n) is 9.71. The number of methoxy groups -OCH3 is 1. The first-order valence-corrected chi connectivity index (χ1v) is 11.2. The van der Waals surface area contributed by atoms with E-state index in [0.717, 1.165) is 0 Å². The number of carbonyl (C=O) groups is 1. The van der Waals surface area contributed by atoms with Gasteiger partial charge in [0.2, 0.25) is 0 Å². The summed E-state index contributed by atoms with van der Waals surface area (Å²) in [6.45, 7) is 1.85. The minimum Gasteiger partial charge on any atom is -0.497 e. The normalized spacial score (nSPS) is 11.9. The Morgan fingerprint density at radius 1 is 0.903 bits per heavy atom. The van der Waals surface area contributed by atoms with Gasteiger partial charge >= 0.3 is 0 Å². The number of ether oxygens (including phenoxy) is 2. The van der Waals surface area contributed by atoms with Crippen molar-refractivity contribution in [3.05, 3.63) is 78.9 Å². The molecular weight excluding hydrogens is 416 g/mol. The molecule has 0 aliphatic rings. The number of amides is 1. The van der Waals surface area contributed by atoms with E-state index in [0.29, 0.717) is 29.3 Å².